The van der Waals surface area contributed by atoms with Crippen LogP contribution >= 0.6 is 0 Å². The molecule has 0 aliphatic rings. The zero-order valence-corrected chi connectivity index (χ0v) is 7.33. The van der Waals surface area contributed by atoms with E-state index in [2.05, 4.69) is 4.98 Å². The van der Waals surface area contributed by atoms with Gasteiger partial charge in [0.1, 0.15) is 0 Å². The van der Waals surface area contributed by atoms with Gasteiger partial charge in [0.2, 0.25) is 0 Å². The van der Waals surface area contributed by atoms with E-state index >= 15 is 0 Å². The number of hydrogen-bond donors (Lipinski definition) is 1. The molecule has 1 aromatic rings. The molecule has 2 nitrogen and oxygen atoms in total. The summed E-state index contributed by atoms with van der Waals surface area (Å²) in [4.78, 5) is 3.80. The summed E-state index contributed by atoms with van der Waals surface area (Å²) in [6, 6.07) is 3.15. The topological polar surface area (TPSA) is 38.9 Å². The minimum absolute atomic E-state index is 0.213. The molecular formula is C8H9BF3N2-. The molecule has 0 aliphatic carbocycles. The van der Waals surface area contributed by atoms with Crippen LogP contribution in [0.1, 0.15) is 11.3 Å². The molecule has 0 aromatic carbocycles. The van der Waals surface area contributed by atoms with Gasteiger partial charge in [-0.1, -0.05) is 12.1 Å². The molecule has 0 unspecified atom stereocenters. The van der Waals surface area contributed by atoms with Crippen molar-refractivity contribution in [2.45, 2.75) is 6.54 Å². The second-order valence-electron chi connectivity index (χ2n) is 2.78. The molecule has 0 radical (unpaired) electrons. The van der Waals surface area contributed by atoms with E-state index in [-0.39, 0.29) is 11.7 Å². The summed E-state index contributed by atoms with van der Waals surface area (Å²) in [6.07, 6.45) is 2.41. The lowest BCUT2D eigenvalue weighted by Gasteiger charge is -2.05. The monoisotopic (exact) mass is 201 g/mol. The number of aromatic nitrogens is 1. The van der Waals surface area contributed by atoms with Gasteiger partial charge in [0.25, 0.3) is 0 Å². The number of rotatable bonds is 3. The van der Waals surface area contributed by atoms with Gasteiger partial charge in [-0.2, -0.15) is 0 Å². The quantitative estimate of drug-likeness (QED) is 0.758. The third-order valence-corrected chi connectivity index (χ3v) is 1.57. The first-order valence-corrected chi connectivity index (χ1v) is 4.05. The van der Waals surface area contributed by atoms with Gasteiger partial charge >= 0.3 is 6.98 Å². The maximum Gasteiger partial charge on any atom is 0.502 e. The van der Waals surface area contributed by atoms with Crippen molar-refractivity contribution in [1.29, 1.82) is 0 Å². The van der Waals surface area contributed by atoms with Crippen LogP contribution in [0.2, 0.25) is 0 Å². The van der Waals surface area contributed by atoms with E-state index in [1.807, 2.05) is 0 Å². The molecule has 0 atom stereocenters. The van der Waals surface area contributed by atoms with Gasteiger partial charge in [-0.25, -0.2) is 0 Å². The van der Waals surface area contributed by atoms with Crippen LogP contribution < -0.4 is 5.73 Å². The summed E-state index contributed by atoms with van der Waals surface area (Å²) in [6.45, 7) is -4.55. The lowest BCUT2D eigenvalue weighted by atomic mass is 9.91. The molecule has 1 heterocycles. The first kappa shape index (κ1) is 10.8. The fourth-order valence-electron chi connectivity index (χ4n) is 0.863. The van der Waals surface area contributed by atoms with Crippen molar-refractivity contribution in [3.05, 3.63) is 35.6 Å². The zero-order chi connectivity index (χ0) is 10.6. The number of pyridine rings is 1. The minimum Gasteiger partial charge on any atom is -0.445 e. The summed E-state index contributed by atoms with van der Waals surface area (Å²) in [5, 5.41) is 0. The van der Waals surface area contributed by atoms with Crippen molar-refractivity contribution in [2.24, 2.45) is 5.73 Å². The van der Waals surface area contributed by atoms with Crippen LogP contribution in [0.25, 0.3) is 6.08 Å². The Labute approximate surface area is 79.7 Å². The predicted molar refractivity (Wildman–Crippen MR) is 50.2 cm³/mol. The van der Waals surface area contributed by atoms with Crippen molar-refractivity contribution in [3.8, 4) is 0 Å². The second-order valence-corrected chi connectivity index (χ2v) is 2.78. The molecule has 0 bridgehead atoms. The Bertz CT molecular complexity index is 318. The van der Waals surface area contributed by atoms with Crippen LogP contribution in [0.3, 0.4) is 0 Å². The number of nitrogens with zero attached hydrogens (tertiary/aromatic N) is 1. The van der Waals surface area contributed by atoms with E-state index in [9.17, 15) is 12.9 Å². The summed E-state index contributed by atoms with van der Waals surface area (Å²) in [5.41, 5.74) is 6.38. The standard InChI is InChI=1S/C8H9BF3N2/c10-9(11,12)4-3-8-2-1-7(5-13)6-14-8/h1-4,6H,5,13H2/q-1/b4-3+. The van der Waals surface area contributed by atoms with Crippen molar-refractivity contribution in [3.63, 3.8) is 0 Å². The normalized spacial score (nSPS) is 12.3. The van der Waals surface area contributed by atoms with Crippen LogP contribution in [-0.2, 0) is 6.54 Å². The van der Waals surface area contributed by atoms with Crippen LogP contribution in [0.4, 0.5) is 12.9 Å². The number of nitrogens with two attached hydrogens (primary N) is 1. The SMILES string of the molecule is NCc1ccc(/C=C/[B-](F)(F)F)nc1. The van der Waals surface area contributed by atoms with Gasteiger partial charge in [-0.3, -0.25) is 4.98 Å². The van der Waals surface area contributed by atoms with Crippen LogP contribution in [0.5, 0.6) is 0 Å². The second kappa shape index (κ2) is 4.28. The molecule has 1 aromatic heterocycles. The van der Waals surface area contributed by atoms with Crippen molar-refractivity contribution < 1.29 is 12.9 Å². The average molecular weight is 201 g/mol. The maximum absolute atomic E-state index is 11.8. The third kappa shape index (κ3) is 3.61. The molecular weight excluding hydrogens is 192 g/mol. The van der Waals surface area contributed by atoms with Gasteiger partial charge in [-0.15, -0.1) is 5.98 Å². The highest BCUT2D eigenvalue weighted by Gasteiger charge is 2.16. The Hall–Kier alpha value is -1.30. The lowest BCUT2D eigenvalue weighted by molar-refractivity contribution is 0.499. The minimum atomic E-state index is -4.89. The number of halogens is 3. The smallest absolute Gasteiger partial charge is 0.445 e. The maximum atomic E-state index is 11.8. The van der Waals surface area contributed by atoms with Crippen LogP contribution in [0.15, 0.2) is 24.3 Å². The molecule has 1 rings (SSSR count). The Morgan fingerprint density at radius 1 is 1.36 bits per heavy atom. The lowest BCUT2D eigenvalue weighted by Crippen LogP contribution is -2.09. The highest BCUT2D eigenvalue weighted by atomic mass is 19.4. The summed E-state index contributed by atoms with van der Waals surface area (Å²) in [5.74, 6) is 0.213. The van der Waals surface area contributed by atoms with Gasteiger partial charge < -0.3 is 18.7 Å². The Kier molecular flexibility index (Phi) is 3.30. The van der Waals surface area contributed by atoms with E-state index in [1.54, 1.807) is 6.07 Å². The third-order valence-electron chi connectivity index (χ3n) is 1.57. The molecule has 0 fully saturated rings. The van der Waals surface area contributed by atoms with E-state index < -0.39 is 6.98 Å². The molecule has 0 amide bonds. The molecule has 0 spiro atoms. The van der Waals surface area contributed by atoms with E-state index in [4.69, 9.17) is 5.73 Å². The summed E-state index contributed by atoms with van der Waals surface area (Å²) >= 11 is 0. The Morgan fingerprint density at radius 2 is 2.07 bits per heavy atom. The van der Waals surface area contributed by atoms with Crippen LogP contribution in [0, 0.1) is 0 Å². The van der Waals surface area contributed by atoms with Crippen molar-refractivity contribution >= 4 is 13.1 Å². The fraction of sp³-hybridized carbons (Fsp3) is 0.125. The zero-order valence-electron chi connectivity index (χ0n) is 7.33. The molecule has 76 valence electrons. The Morgan fingerprint density at radius 3 is 2.50 bits per heavy atom. The number of hydrogen-bond acceptors (Lipinski definition) is 2. The Balaban J connectivity index is 2.74. The fourth-order valence-corrected chi connectivity index (χ4v) is 0.863. The first-order chi connectivity index (χ1) is 6.51. The van der Waals surface area contributed by atoms with Crippen LogP contribution in [-0.4, -0.2) is 12.0 Å². The average Bonchev–Trinajstić information content (AvgIpc) is 2.14. The highest BCUT2D eigenvalue weighted by Crippen LogP contribution is 2.11. The molecule has 0 aliphatic heterocycles. The first-order valence-electron chi connectivity index (χ1n) is 4.05. The highest BCUT2D eigenvalue weighted by molar-refractivity contribution is 6.64. The van der Waals surface area contributed by atoms with Gasteiger partial charge in [0, 0.05) is 12.7 Å². The van der Waals surface area contributed by atoms with Gasteiger partial charge in [-0.05, 0) is 11.6 Å². The predicted octanol–water partition coefficient (Wildman–Crippen LogP) is 1.94. The van der Waals surface area contributed by atoms with E-state index in [0.717, 1.165) is 11.6 Å². The van der Waals surface area contributed by atoms with Crippen molar-refractivity contribution in [2.75, 3.05) is 0 Å². The van der Waals surface area contributed by atoms with Crippen molar-refractivity contribution in [1.82, 2.24) is 4.98 Å². The molecule has 6 heteroatoms. The summed E-state index contributed by atoms with van der Waals surface area (Å²) < 4.78 is 35.4. The summed E-state index contributed by atoms with van der Waals surface area (Å²) in [7, 11) is 0. The molecule has 0 saturated heterocycles. The molecule has 2 N–H and O–H groups in total. The van der Waals surface area contributed by atoms with E-state index in [1.165, 1.54) is 12.3 Å². The van der Waals surface area contributed by atoms with Gasteiger partial charge in [0.05, 0.1) is 5.69 Å². The van der Waals surface area contributed by atoms with Gasteiger partial charge in [0.15, 0.2) is 0 Å². The van der Waals surface area contributed by atoms with E-state index in [0.29, 0.717) is 6.54 Å². The molecule has 0 saturated carbocycles. The largest absolute Gasteiger partial charge is 0.502 e. The molecule has 14 heavy (non-hydrogen) atoms.